The number of aromatic nitrogens is 1. The van der Waals surface area contributed by atoms with Crippen molar-refractivity contribution < 1.29 is 9.90 Å². The second-order valence-electron chi connectivity index (χ2n) is 9.63. The topological polar surface area (TPSA) is 50.2 Å². The van der Waals surface area contributed by atoms with Gasteiger partial charge in [0.1, 0.15) is 0 Å². The first-order chi connectivity index (χ1) is 17.0. The molecule has 3 nitrogen and oxygen atoms in total. The highest BCUT2D eigenvalue weighted by molar-refractivity contribution is 5.93. The molecular weight excluding hydrogens is 430 g/mol. The Morgan fingerprint density at radius 3 is 2.29 bits per heavy atom. The van der Waals surface area contributed by atoms with Crippen molar-refractivity contribution in [3.8, 4) is 11.1 Å². The lowest BCUT2D eigenvalue weighted by atomic mass is 9.83. The molecule has 0 aliphatic rings. The summed E-state index contributed by atoms with van der Waals surface area (Å²) in [5.41, 5.74) is 4.36. The summed E-state index contributed by atoms with van der Waals surface area (Å²) in [6, 6.07) is 22.8. The monoisotopic (exact) mass is 469 g/mol. The van der Waals surface area contributed by atoms with E-state index in [0.717, 1.165) is 18.4 Å². The Bertz CT molecular complexity index is 1060. The summed E-state index contributed by atoms with van der Waals surface area (Å²) in [6.07, 6.45) is 12.1. The van der Waals surface area contributed by atoms with Gasteiger partial charge in [-0.2, -0.15) is 0 Å². The number of carboxylic acids is 1. The number of aromatic carboxylic acids is 1. The maximum absolute atomic E-state index is 11.5. The van der Waals surface area contributed by atoms with Crippen molar-refractivity contribution in [2.45, 2.75) is 70.6 Å². The summed E-state index contributed by atoms with van der Waals surface area (Å²) in [6.45, 7) is 8.63. The van der Waals surface area contributed by atoms with Crippen LogP contribution in [0.1, 0.15) is 92.2 Å². The fourth-order valence-electron chi connectivity index (χ4n) is 4.88. The zero-order valence-corrected chi connectivity index (χ0v) is 21.2. The largest absolute Gasteiger partial charge is 0.476 e. The lowest BCUT2D eigenvalue weighted by molar-refractivity contribution is 0.0691. The van der Waals surface area contributed by atoms with Gasteiger partial charge in [-0.25, -0.2) is 9.78 Å². The zero-order chi connectivity index (χ0) is 25.0. The lowest BCUT2D eigenvalue weighted by Gasteiger charge is -2.22. The van der Waals surface area contributed by atoms with E-state index in [1.807, 2.05) is 18.2 Å². The number of pyridine rings is 1. The third-order valence-corrected chi connectivity index (χ3v) is 7.17. The maximum Gasteiger partial charge on any atom is 0.355 e. The number of hydrogen-bond acceptors (Lipinski definition) is 2. The van der Waals surface area contributed by atoms with Crippen LogP contribution < -0.4 is 0 Å². The van der Waals surface area contributed by atoms with E-state index in [0.29, 0.717) is 23.3 Å². The number of unbranched alkanes of at least 4 members (excludes halogenated alkanes) is 1. The molecule has 0 spiro atoms. The van der Waals surface area contributed by atoms with Crippen molar-refractivity contribution in [1.82, 2.24) is 4.98 Å². The van der Waals surface area contributed by atoms with Crippen molar-refractivity contribution in [3.05, 3.63) is 102 Å². The van der Waals surface area contributed by atoms with Crippen LogP contribution >= 0.6 is 0 Å². The first-order valence-electron chi connectivity index (χ1n) is 13.0. The van der Waals surface area contributed by atoms with E-state index in [1.165, 1.54) is 49.4 Å². The average Bonchev–Trinajstić information content (AvgIpc) is 2.90. The minimum atomic E-state index is -1.00. The number of rotatable bonds is 14. The molecule has 0 radical (unpaired) electrons. The molecule has 1 aromatic heterocycles. The first-order valence-corrected chi connectivity index (χ1v) is 13.0. The summed E-state index contributed by atoms with van der Waals surface area (Å²) in [7, 11) is 0. The van der Waals surface area contributed by atoms with E-state index in [-0.39, 0.29) is 5.69 Å². The third-order valence-electron chi connectivity index (χ3n) is 7.17. The molecule has 3 aromatic rings. The number of hydrogen-bond donors (Lipinski definition) is 1. The van der Waals surface area contributed by atoms with E-state index in [1.54, 1.807) is 6.07 Å². The minimum absolute atomic E-state index is 0.0933. The van der Waals surface area contributed by atoms with Gasteiger partial charge in [0, 0.05) is 11.8 Å². The van der Waals surface area contributed by atoms with Crippen LogP contribution in [0.25, 0.3) is 11.1 Å². The second kappa shape index (κ2) is 13.6. The molecule has 0 aliphatic heterocycles. The van der Waals surface area contributed by atoms with Gasteiger partial charge in [-0.1, -0.05) is 93.4 Å². The molecule has 1 N–H and O–H groups in total. The Hall–Kier alpha value is -3.20. The van der Waals surface area contributed by atoms with Gasteiger partial charge >= 0.3 is 5.97 Å². The normalized spacial score (nSPS) is 13.7. The Morgan fingerprint density at radius 2 is 1.63 bits per heavy atom. The SMILES string of the molecule is C=CC(CCCC)CCC(CCC(C)c1ccc(-c2cccnc2C(=O)O)cc1)c1ccccc1. The summed E-state index contributed by atoms with van der Waals surface area (Å²) >= 11 is 0. The molecule has 3 atom stereocenters. The summed E-state index contributed by atoms with van der Waals surface area (Å²) in [4.78, 5) is 15.6. The van der Waals surface area contributed by atoms with Gasteiger partial charge in [0.2, 0.25) is 0 Å². The molecule has 2 aromatic carbocycles. The molecule has 0 bridgehead atoms. The fourth-order valence-corrected chi connectivity index (χ4v) is 4.88. The van der Waals surface area contributed by atoms with Crippen molar-refractivity contribution in [2.24, 2.45) is 5.92 Å². The van der Waals surface area contributed by atoms with E-state index in [2.05, 4.69) is 74.0 Å². The van der Waals surface area contributed by atoms with E-state index in [9.17, 15) is 9.90 Å². The van der Waals surface area contributed by atoms with Crippen LogP contribution in [0.2, 0.25) is 0 Å². The molecule has 0 aliphatic carbocycles. The standard InChI is InChI=1S/C32H39NO2/c1-4-6-11-25(5-2)16-18-28(27-12-8-7-9-13-27)17-15-24(3)26-19-21-29(22-20-26)30-14-10-23-33-31(30)32(34)35/h5,7-10,12-14,19-25,28H,2,4,6,11,15-18H2,1,3H3,(H,34,35). The van der Waals surface area contributed by atoms with Crippen molar-refractivity contribution in [1.29, 1.82) is 0 Å². The van der Waals surface area contributed by atoms with E-state index in [4.69, 9.17) is 0 Å². The van der Waals surface area contributed by atoms with Gasteiger partial charge < -0.3 is 5.11 Å². The van der Waals surface area contributed by atoms with Crippen molar-refractivity contribution in [3.63, 3.8) is 0 Å². The first kappa shape index (κ1) is 26.4. The Balaban J connectivity index is 1.66. The van der Waals surface area contributed by atoms with Crippen LogP contribution in [0.4, 0.5) is 0 Å². The van der Waals surface area contributed by atoms with Gasteiger partial charge in [0.25, 0.3) is 0 Å². The maximum atomic E-state index is 11.5. The highest BCUT2D eigenvalue weighted by Gasteiger charge is 2.17. The van der Waals surface area contributed by atoms with Gasteiger partial charge in [-0.05, 0) is 72.6 Å². The average molecular weight is 470 g/mol. The van der Waals surface area contributed by atoms with Gasteiger partial charge in [-0.3, -0.25) is 0 Å². The smallest absolute Gasteiger partial charge is 0.355 e. The van der Waals surface area contributed by atoms with Gasteiger partial charge in [0.15, 0.2) is 5.69 Å². The Morgan fingerprint density at radius 1 is 0.914 bits per heavy atom. The quantitative estimate of drug-likeness (QED) is 0.240. The second-order valence-corrected chi connectivity index (χ2v) is 9.63. The lowest BCUT2D eigenvalue weighted by Crippen LogP contribution is -2.06. The van der Waals surface area contributed by atoms with Crippen LogP contribution in [-0.2, 0) is 0 Å². The van der Waals surface area contributed by atoms with Crippen molar-refractivity contribution in [2.75, 3.05) is 0 Å². The predicted molar refractivity (Wildman–Crippen MR) is 146 cm³/mol. The van der Waals surface area contributed by atoms with Gasteiger partial charge in [0.05, 0.1) is 0 Å². The van der Waals surface area contributed by atoms with Crippen LogP contribution in [0.5, 0.6) is 0 Å². The molecular formula is C32H39NO2. The summed E-state index contributed by atoms with van der Waals surface area (Å²) < 4.78 is 0. The number of nitrogens with zero attached hydrogens (tertiary/aromatic N) is 1. The Kier molecular flexibility index (Phi) is 10.3. The minimum Gasteiger partial charge on any atom is -0.476 e. The summed E-state index contributed by atoms with van der Waals surface area (Å²) in [5, 5.41) is 9.45. The highest BCUT2D eigenvalue weighted by atomic mass is 16.4. The van der Waals surface area contributed by atoms with Crippen LogP contribution in [0.3, 0.4) is 0 Å². The molecule has 184 valence electrons. The summed E-state index contributed by atoms with van der Waals surface area (Å²) in [5.74, 6) is 0.585. The molecule has 0 amide bonds. The number of allylic oxidation sites excluding steroid dienone is 1. The molecule has 0 saturated carbocycles. The van der Waals surface area contributed by atoms with E-state index < -0.39 is 5.97 Å². The molecule has 3 heteroatoms. The van der Waals surface area contributed by atoms with Crippen LogP contribution in [-0.4, -0.2) is 16.1 Å². The zero-order valence-electron chi connectivity index (χ0n) is 21.2. The highest BCUT2D eigenvalue weighted by Crippen LogP contribution is 2.34. The van der Waals surface area contributed by atoms with Crippen LogP contribution in [0.15, 0.2) is 85.6 Å². The molecule has 0 fully saturated rings. The molecule has 1 heterocycles. The Labute approximate surface area is 211 Å². The predicted octanol–water partition coefficient (Wildman–Crippen LogP) is 8.89. The van der Waals surface area contributed by atoms with Gasteiger partial charge in [-0.15, -0.1) is 6.58 Å². The number of carboxylic acid groups (broad SMARTS) is 1. The van der Waals surface area contributed by atoms with Crippen LogP contribution in [0, 0.1) is 5.92 Å². The number of benzene rings is 2. The third kappa shape index (κ3) is 7.65. The number of carbonyl (C=O) groups is 1. The molecule has 0 saturated heterocycles. The fraction of sp³-hybridized carbons (Fsp3) is 0.375. The van der Waals surface area contributed by atoms with Crippen molar-refractivity contribution >= 4 is 5.97 Å². The van der Waals surface area contributed by atoms with E-state index >= 15 is 0 Å². The molecule has 35 heavy (non-hydrogen) atoms. The molecule has 3 unspecified atom stereocenters. The molecule has 3 rings (SSSR count).